The van der Waals surface area contributed by atoms with E-state index in [0.717, 1.165) is 43.0 Å². The Labute approximate surface area is 236 Å². The zero-order chi connectivity index (χ0) is 30.0. The van der Waals surface area contributed by atoms with Crippen molar-refractivity contribution in [2.75, 3.05) is 20.7 Å². The minimum absolute atomic E-state index is 0.0333. The van der Waals surface area contributed by atoms with Gasteiger partial charge in [-0.1, -0.05) is 30.3 Å². The molecule has 0 amide bonds. The molecule has 0 radical (unpaired) electrons. The van der Waals surface area contributed by atoms with Crippen LogP contribution >= 0.6 is 0 Å². The SMILES string of the molecule is CN(C)C1(c2ccccc2)CCC2(CC1)OCCc1c2[nH]c2ccc(F)cc12.O=C(O)CC(O)(CC(=O)O)C(=O)O. The number of carboxylic acids is 3. The van der Waals surface area contributed by atoms with E-state index in [1.54, 1.807) is 6.07 Å². The number of rotatable bonds is 7. The number of aromatic nitrogens is 1. The molecule has 5 rings (SSSR count). The van der Waals surface area contributed by atoms with Crippen LogP contribution in [0.15, 0.2) is 48.5 Å². The van der Waals surface area contributed by atoms with Crippen LogP contribution in [-0.4, -0.2) is 74.5 Å². The maximum absolute atomic E-state index is 13.8. The van der Waals surface area contributed by atoms with E-state index in [2.05, 4.69) is 54.3 Å². The van der Waals surface area contributed by atoms with Crippen LogP contribution in [0.4, 0.5) is 4.39 Å². The van der Waals surface area contributed by atoms with Crippen LogP contribution < -0.4 is 0 Å². The highest BCUT2D eigenvalue weighted by atomic mass is 19.1. The number of aliphatic carboxylic acids is 3. The van der Waals surface area contributed by atoms with Crippen LogP contribution in [-0.2, 0) is 36.7 Å². The van der Waals surface area contributed by atoms with E-state index in [1.807, 2.05) is 6.07 Å². The molecule has 0 atom stereocenters. The summed E-state index contributed by atoms with van der Waals surface area (Å²) < 4.78 is 20.3. The molecule has 41 heavy (non-hydrogen) atoms. The summed E-state index contributed by atoms with van der Waals surface area (Å²) in [5.41, 5.74) is 1.84. The predicted octanol–water partition coefficient (Wildman–Crippen LogP) is 3.86. The third-order valence-corrected chi connectivity index (χ3v) is 8.39. The molecule has 3 aromatic rings. The van der Waals surface area contributed by atoms with Crippen molar-refractivity contribution in [1.29, 1.82) is 0 Å². The summed E-state index contributed by atoms with van der Waals surface area (Å²) in [7, 11) is 4.37. The van der Waals surface area contributed by atoms with Crippen LogP contribution in [0, 0.1) is 5.82 Å². The van der Waals surface area contributed by atoms with E-state index >= 15 is 0 Å². The minimum atomic E-state index is -2.74. The molecule has 1 aliphatic carbocycles. The smallest absolute Gasteiger partial charge is 0.336 e. The molecule has 11 heteroatoms. The van der Waals surface area contributed by atoms with E-state index in [9.17, 15) is 18.8 Å². The molecule has 1 aliphatic heterocycles. The van der Waals surface area contributed by atoms with Crippen LogP contribution in [0.5, 0.6) is 0 Å². The fourth-order valence-corrected chi connectivity index (χ4v) is 6.21. The van der Waals surface area contributed by atoms with Gasteiger partial charge in [-0.3, -0.25) is 14.5 Å². The van der Waals surface area contributed by atoms with Gasteiger partial charge in [0.25, 0.3) is 0 Å². The Kier molecular flexibility index (Phi) is 8.53. The molecule has 10 nitrogen and oxygen atoms in total. The first-order valence-corrected chi connectivity index (χ1v) is 13.4. The number of benzene rings is 2. The molecule has 2 aliphatic rings. The highest BCUT2D eigenvalue weighted by Crippen LogP contribution is 2.52. The molecule has 2 heterocycles. The van der Waals surface area contributed by atoms with Crippen LogP contribution in [0.25, 0.3) is 10.9 Å². The first kappa shape index (κ1) is 30.2. The molecule has 1 saturated carbocycles. The summed E-state index contributed by atoms with van der Waals surface area (Å²) in [5.74, 6) is -5.19. The van der Waals surface area contributed by atoms with Crippen molar-refractivity contribution in [3.05, 3.63) is 71.2 Å². The van der Waals surface area contributed by atoms with Crippen LogP contribution in [0.3, 0.4) is 0 Å². The minimum Gasteiger partial charge on any atom is -0.481 e. The average Bonchev–Trinajstić information content (AvgIpc) is 3.28. The van der Waals surface area contributed by atoms with Crippen molar-refractivity contribution in [3.63, 3.8) is 0 Å². The second-order valence-corrected chi connectivity index (χ2v) is 11.0. The summed E-state index contributed by atoms with van der Waals surface area (Å²) >= 11 is 0. The molecule has 0 unspecified atom stereocenters. The first-order chi connectivity index (χ1) is 19.3. The van der Waals surface area contributed by atoms with E-state index < -0.39 is 36.4 Å². The van der Waals surface area contributed by atoms with Gasteiger partial charge in [-0.25, -0.2) is 9.18 Å². The van der Waals surface area contributed by atoms with Gasteiger partial charge in [-0.15, -0.1) is 0 Å². The number of halogens is 1. The lowest BCUT2D eigenvalue weighted by Gasteiger charge is -2.50. The van der Waals surface area contributed by atoms with Crippen molar-refractivity contribution in [1.82, 2.24) is 9.88 Å². The summed E-state index contributed by atoms with van der Waals surface area (Å²) in [4.78, 5) is 36.5. The lowest BCUT2D eigenvalue weighted by molar-refractivity contribution is -0.170. The van der Waals surface area contributed by atoms with Gasteiger partial charge >= 0.3 is 17.9 Å². The normalized spacial score (nSPS) is 22.2. The van der Waals surface area contributed by atoms with E-state index in [0.29, 0.717) is 6.61 Å². The number of ether oxygens (including phenoxy) is 1. The van der Waals surface area contributed by atoms with Gasteiger partial charge in [0.05, 0.1) is 25.1 Å². The number of aromatic amines is 1. The van der Waals surface area contributed by atoms with Gasteiger partial charge < -0.3 is 30.1 Å². The van der Waals surface area contributed by atoms with Gasteiger partial charge in [-0.05, 0) is 75.5 Å². The maximum Gasteiger partial charge on any atom is 0.336 e. The number of carbonyl (C=O) groups is 3. The summed E-state index contributed by atoms with van der Waals surface area (Å²) in [5, 5.41) is 34.8. The molecule has 220 valence electrons. The summed E-state index contributed by atoms with van der Waals surface area (Å²) in [6, 6.07) is 15.9. The topological polar surface area (TPSA) is 160 Å². The first-order valence-electron chi connectivity index (χ1n) is 13.4. The number of nitrogens with one attached hydrogen (secondary N) is 1. The Morgan fingerprint density at radius 1 is 0.976 bits per heavy atom. The Morgan fingerprint density at radius 3 is 2.12 bits per heavy atom. The Hall–Kier alpha value is -3.80. The molecule has 2 aromatic carbocycles. The monoisotopic (exact) mass is 570 g/mol. The van der Waals surface area contributed by atoms with Crippen molar-refractivity contribution in [2.24, 2.45) is 0 Å². The zero-order valence-corrected chi connectivity index (χ0v) is 23.0. The molecular weight excluding hydrogens is 535 g/mol. The Bertz CT molecular complexity index is 1410. The number of fused-ring (bicyclic) bond motifs is 4. The second-order valence-electron chi connectivity index (χ2n) is 11.0. The van der Waals surface area contributed by atoms with Gasteiger partial charge in [0.2, 0.25) is 0 Å². The standard InChI is InChI=1S/C24H27FN2O.C6H8O7/c1-27(2)23(17-6-4-3-5-7-17)11-13-24(14-12-23)22-19(10-15-28-24)20-16-18(25)8-9-21(20)26-22;7-3(8)1-6(13,5(11)12)2-4(9)10/h3-9,16,26H,10-15H2,1-2H3;13H,1-2H2,(H,7,8)(H,9,10)(H,11,12). The van der Waals surface area contributed by atoms with Gasteiger partial charge in [0.1, 0.15) is 11.4 Å². The summed E-state index contributed by atoms with van der Waals surface area (Å²) in [6.45, 7) is 0.705. The van der Waals surface area contributed by atoms with E-state index in [1.165, 1.54) is 22.9 Å². The number of carboxylic acid groups (broad SMARTS) is 3. The van der Waals surface area contributed by atoms with Crippen molar-refractivity contribution in [3.8, 4) is 0 Å². The molecule has 5 N–H and O–H groups in total. The number of aliphatic hydroxyl groups is 1. The summed E-state index contributed by atoms with van der Waals surface area (Å²) in [6.07, 6.45) is 2.55. The second kappa shape index (κ2) is 11.6. The Morgan fingerprint density at radius 2 is 1.59 bits per heavy atom. The lowest BCUT2D eigenvalue weighted by atomic mass is 9.68. The number of H-pyrrole nitrogens is 1. The van der Waals surface area contributed by atoms with Crippen LogP contribution in [0.1, 0.15) is 55.3 Å². The number of nitrogens with zero attached hydrogens (tertiary/aromatic N) is 1. The molecule has 1 fully saturated rings. The number of hydrogen-bond acceptors (Lipinski definition) is 6. The molecule has 0 saturated heterocycles. The molecule has 1 aromatic heterocycles. The fourth-order valence-electron chi connectivity index (χ4n) is 6.21. The van der Waals surface area contributed by atoms with Gasteiger partial charge in [0.15, 0.2) is 5.60 Å². The quantitative estimate of drug-likeness (QED) is 0.284. The fraction of sp³-hybridized carbons (Fsp3) is 0.433. The molecular formula is C30H35FN2O8. The number of hydrogen-bond donors (Lipinski definition) is 5. The predicted molar refractivity (Wildman–Crippen MR) is 147 cm³/mol. The van der Waals surface area contributed by atoms with Gasteiger partial charge in [-0.2, -0.15) is 0 Å². The average molecular weight is 571 g/mol. The van der Waals surface area contributed by atoms with E-state index in [-0.39, 0.29) is 17.0 Å². The third kappa shape index (κ3) is 5.97. The highest BCUT2D eigenvalue weighted by molar-refractivity contribution is 5.88. The Balaban J connectivity index is 0.000000254. The van der Waals surface area contributed by atoms with Crippen LogP contribution in [0.2, 0.25) is 0 Å². The van der Waals surface area contributed by atoms with Gasteiger partial charge in [0, 0.05) is 16.4 Å². The largest absolute Gasteiger partial charge is 0.481 e. The maximum atomic E-state index is 13.8. The highest BCUT2D eigenvalue weighted by Gasteiger charge is 2.49. The van der Waals surface area contributed by atoms with E-state index in [4.69, 9.17) is 25.2 Å². The van der Waals surface area contributed by atoms with Crippen molar-refractivity contribution in [2.45, 2.75) is 61.7 Å². The van der Waals surface area contributed by atoms with Crippen molar-refractivity contribution < 1.29 is 43.9 Å². The zero-order valence-electron chi connectivity index (χ0n) is 23.0. The van der Waals surface area contributed by atoms with Crippen molar-refractivity contribution >= 4 is 28.8 Å². The molecule has 0 bridgehead atoms. The third-order valence-electron chi connectivity index (χ3n) is 8.39. The molecule has 1 spiro atoms. The lowest BCUT2D eigenvalue weighted by Crippen LogP contribution is -2.50.